The van der Waals surface area contributed by atoms with Gasteiger partial charge in [0.2, 0.25) is 5.91 Å². The fourth-order valence-electron chi connectivity index (χ4n) is 1.94. The summed E-state index contributed by atoms with van der Waals surface area (Å²) in [6.45, 7) is 2.35. The number of rotatable bonds is 6. The number of hydrogen-bond acceptors (Lipinski definition) is 4. The quantitative estimate of drug-likeness (QED) is 0.824. The molecule has 23 heavy (non-hydrogen) atoms. The number of amides is 1. The Hall–Kier alpha value is -2.47. The summed E-state index contributed by atoms with van der Waals surface area (Å²) >= 11 is 6.19. The number of hydrogen-bond donors (Lipinski definition) is 1. The van der Waals surface area contributed by atoms with Crippen LogP contribution in [0, 0.1) is 0 Å². The summed E-state index contributed by atoms with van der Waals surface area (Å²) < 4.78 is 12.3. The van der Waals surface area contributed by atoms with Crippen molar-refractivity contribution in [1.29, 1.82) is 0 Å². The lowest BCUT2D eigenvalue weighted by Gasteiger charge is -2.11. The fraction of sp³-hybridized carbons (Fsp3) is 0.250. The Morgan fingerprint density at radius 1 is 1.48 bits per heavy atom. The molecule has 122 valence electrons. The summed E-state index contributed by atoms with van der Waals surface area (Å²) in [5.74, 6) is 1.22. The first-order valence-corrected chi connectivity index (χ1v) is 7.40. The normalized spacial score (nSPS) is 10.8. The zero-order valence-electron chi connectivity index (χ0n) is 13.2. The van der Waals surface area contributed by atoms with Crippen LogP contribution in [0.5, 0.6) is 11.5 Å². The number of aryl methyl sites for hydroxylation is 1. The number of carbonyl (C=O) groups is 1. The van der Waals surface area contributed by atoms with Crippen molar-refractivity contribution in [2.75, 3.05) is 19.0 Å². The standard InChI is InChI=1S/C16H18ClN3O3/c1-4-23-16-12(17)9-11(10-13(16)22-3)5-6-15(21)18-14-7-8-20(2)19-14/h5-10H,4H2,1-3H3,(H,18,19,21). The van der Waals surface area contributed by atoms with E-state index in [-0.39, 0.29) is 5.91 Å². The molecular formula is C16H18ClN3O3. The maximum Gasteiger partial charge on any atom is 0.249 e. The molecule has 2 aromatic rings. The smallest absolute Gasteiger partial charge is 0.249 e. The summed E-state index contributed by atoms with van der Waals surface area (Å²) in [7, 11) is 3.31. The molecule has 7 heteroatoms. The highest BCUT2D eigenvalue weighted by atomic mass is 35.5. The van der Waals surface area contributed by atoms with Gasteiger partial charge in [-0.2, -0.15) is 5.10 Å². The van der Waals surface area contributed by atoms with Crippen molar-refractivity contribution in [3.8, 4) is 11.5 Å². The molecule has 2 rings (SSSR count). The van der Waals surface area contributed by atoms with Crippen molar-refractivity contribution >= 4 is 29.4 Å². The Bertz CT molecular complexity index is 725. The molecule has 0 saturated heterocycles. The average molecular weight is 336 g/mol. The van der Waals surface area contributed by atoms with Crippen molar-refractivity contribution in [3.63, 3.8) is 0 Å². The first-order chi connectivity index (χ1) is 11.0. The first kappa shape index (κ1) is 16.9. The monoisotopic (exact) mass is 335 g/mol. The average Bonchev–Trinajstić information content (AvgIpc) is 2.92. The van der Waals surface area contributed by atoms with Crippen LogP contribution in [0.3, 0.4) is 0 Å². The Balaban J connectivity index is 2.12. The summed E-state index contributed by atoms with van der Waals surface area (Å²) in [5, 5.41) is 7.16. The van der Waals surface area contributed by atoms with E-state index in [1.54, 1.807) is 42.2 Å². The first-order valence-electron chi connectivity index (χ1n) is 7.02. The van der Waals surface area contributed by atoms with E-state index >= 15 is 0 Å². The van der Waals surface area contributed by atoms with Gasteiger partial charge in [0, 0.05) is 25.4 Å². The largest absolute Gasteiger partial charge is 0.493 e. The molecule has 0 aliphatic heterocycles. The van der Waals surface area contributed by atoms with Gasteiger partial charge in [-0.1, -0.05) is 11.6 Å². The molecule has 0 bridgehead atoms. The van der Waals surface area contributed by atoms with Crippen LogP contribution in [0.2, 0.25) is 5.02 Å². The maximum absolute atomic E-state index is 11.9. The molecule has 1 heterocycles. The third-order valence-corrected chi connectivity index (χ3v) is 3.21. The van der Waals surface area contributed by atoms with Crippen molar-refractivity contribution in [3.05, 3.63) is 41.1 Å². The number of benzene rings is 1. The topological polar surface area (TPSA) is 65.4 Å². The second kappa shape index (κ2) is 7.69. The molecule has 0 saturated carbocycles. The van der Waals surface area contributed by atoms with Crippen LogP contribution in [0.4, 0.5) is 5.82 Å². The van der Waals surface area contributed by atoms with Gasteiger partial charge in [0.15, 0.2) is 17.3 Å². The molecule has 0 aliphatic carbocycles. The van der Waals surface area contributed by atoms with Crippen LogP contribution in [0.25, 0.3) is 6.08 Å². The number of ether oxygens (including phenoxy) is 2. The third kappa shape index (κ3) is 4.50. The highest BCUT2D eigenvalue weighted by Gasteiger charge is 2.10. The van der Waals surface area contributed by atoms with Crippen molar-refractivity contribution < 1.29 is 14.3 Å². The van der Waals surface area contributed by atoms with Crippen LogP contribution in [0.1, 0.15) is 12.5 Å². The van der Waals surface area contributed by atoms with E-state index in [2.05, 4.69) is 10.4 Å². The van der Waals surface area contributed by atoms with E-state index in [4.69, 9.17) is 21.1 Å². The lowest BCUT2D eigenvalue weighted by atomic mass is 10.2. The van der Waals surface area contributed by atoms with Gasteiger partial charge >= 0.3 is 0 Å². The lowest BCUT2D eigenvalue weighted by molar-refractivity contribution is -0.111. The van der Waals surface area contributed by atoms with Crippen molar-refractivity contribution in [1.82, 2.24) is 9.78 Å². The van der Waals surface area contributed by atoms with E-state index in [1.807, 2.05) is 6.92 Å². The molecule has 0 aliphatic rings. The van der Waals surface area contributed by atoms with Gasteiger partial charge in [-0.15, -0.1) is 0 Å². The number of aromatic nitrogens is 2. The van der Waals surface area contributed by atoms with Gasteiger partial charge in [0.25, 0.3) is 0 Å². The Morgan fingerprint density at radius 3 is 2.87 bits per heavy atom. The van der Waals surface area contributed by atoms with Crippen molar-refractivity contribution in [2.45, 2.75) is 6.92 Å². The summed E-state index contributed by atoms with van der Waals surface area (Å²) in [6, 6.07) is 5.17. The van der Waals surface area contributed by atoms with Crippen LogP contribution < -0.4 is 14.8 Å². The molecule has 1 aromatic heterocycles. The molecule has 0 spiro atoms. The predicted molar refractivity (Wildman–Crippen MR) is 90.0 cm³/mol. The van der Waals surface area contributed by atoms with Gasteiger partial charge in [-0.3, -0.25) is 9.48 Å². The highest BCUT2D eigenvalue weighted by molar-refractivity contribution is 6.32. The molecule has 0 atom stereocenters. The molecule has 0 unspecified atom stereocenters. The van der Waals surface area contributed by atoms with Crippen LogP contribution in [-0.4, -0.2) is 29.4 Å². The second-order valence-corrected chi connectivity index (χ2v) is 5.07. The van der Waals surface area contributed by atoms with Crippen molar-refractivity contribution in [2.24, 2.45) is 7.05 Å². The third-order valence-electron chi connectivity index (χ3n) is 2.93. The van der Waals surface area contributed by atoms with Gasteiger partial charge in [-0.25, -0.2) is 0 Å². The predicted octanol–water partition coefficient (Wildman–Crippen LogP) is 3.13. The number of nitrogens with zero attached hydrogens (tertiary/aromatic N) is 2. The minimum Gasteiger partial charge on any atom is -0.493 e. The molecule has 0 fully saturated rings. The molecule has 1 N–H and O–H groups in total. The fourth-order valence-corrected chi connectivity index (χ4v) is 2.22. The molecular weight excluding hydrogens is 318 g/mol. The number of anilines is 1. The van der Waals surface area contributed by atoms with E-state index in [1.165, 1.54) is 13.2 Å². The number of carbonyl (C=O) groups excluding carboxylic acids is 1. The van der Waals surface area contributed by atoms with E-state index in [9.17, 15) is 4.79 Å². The van der Waals surface area contributed by atoms with Gasteiger partial charge in [-0.05, 0) is 30.7 Å². The number of methoxy groups -OCH3 is 1. The minimum absolute atomic E-state index is 0.285. The number of halogens is 1. The maximum atomic E-state index is 11.9. The summed E-state index contributed by atoms with van der Waals surface area (Å²) in [6.07, 6.45) is 4.79. The Morgan fingerprint density at radius 2 is 2.26 bits per heavy atom. The summed E-state index contributed by atoms with van der Waals surface area (Å²) in [4.78, 5) is 11.9. The zero-order chi connectivity index (χ0) is 16.8. The van der Waals surface area contributed by atoms with Gasteiger partial charge < -0.3 is 14.8 Å². The zero-order valence-corrected chi connectivity index (χ0v) is 13.9. The van der Waals surface area contributed by atoms with Crippen LogP contribution >= 0.6 is 11.6 Å². The lowest BCUT2D eigenvalue weighted by Crippen LogP contribution is -2.08. The SMILES string of the molecule is CCOc1c(Cl)cc(C=CC(=O)Nc2ccn(C)n2)cc1OC. The van der Waals surface area contributed by atoms with Crippen LogP contribution in [-0.2, 0) is 11.8 Å². The molecule has 6 nitrogen and oxygen atoms in total. The van der Waals surface area contributed by atoms with E-state index in [0.29, 0.717) is 28.9 Å². The van der Waals surface area contributed by atoms with Gasteiger partial charge in [0.05, 0.1) is 18.7 Å². The summed E-state index contributed by atoms with van der Waals surface area (Å²) in [5.41, 5.74) is 0.728. The Kier molecular flexibility index (Phi) is 5.65. The molecule has 1 aromatic carbocycles. The van der Waals surface area contributed by atoms with Crippen LogP contribution in [0.15, 0.2) is 30.5 Å². The van der Waals surface area contributed by atoms with Gasteiger partial charge in [0.1, 0.15) is 0 Å². The number of nitrogens with one attached hydrogen (secondary N) is 1. The second-order valence-electron chi connectivity index (χ2n) is 4.66. The molecule has 1 amide bonds. The Labute approximate surface area is 139 Å². The van der Waals surface area contributed by atoms with E-state index in [0.717, 1.165) is 5.56 Å². The minimum atomic E-state index is -0.285. The highest BCUT2D eigenvalue weighted by Crippen LogP contribution is 2.36. The molecule has 0 radical (unpaired) electrons. The van der Waals surface area contributed by atoms with E-state index < -0.39 is 0 Å².